The minimum absolute atomic E-state index is 0. The van der Waals surface area contributed by atoms with Crippen molar-refractivity contribution in [1.82, 2.24) is 9.78 Å². The van der Waals surface area contributed by atoms with Gasteiger partial charge in [0.2, 0.25) is 0 Å². The fourth-order valence-corrected chi connectivity index (χ4v) is 1.97. The molecule has 0 aliphatic heterocycles. The summed E-state index contributed by atoms with van der Waals surface area (Å²) >= 11 is 1.11. The second kappa shape index (κ2) is 6.56. The zero-order chi connectivity index (χ0) is 11.4. The summed E-state index contributed by atoms with van der Waals surface area (Å²) in [7, 11) is 0. The smallest absolute Gasteiger partial charge is 0.176 e. The van der Waals surface area contributed by atoms with E-state index in [9.17, 15) is 8.78 Å². The van der Waals surface area contributed by atoms with Gasteiger partial charge in [-0.25, -0.2) is 4.39 Å². The number of aromatic nitrogens is 2. The molecule has 2 heterocycles. The van der Waals surface area contributed by atoms with Crippen molar-refractivity contribution >= 4 is 29.4 Å². The molecule has 0 amide bonds. The second-order valence-corrected chi connectivity index (χ2v) is 4.36. The van der Waals surface area contributed by atoms with Gasteiger partial charge in [-0.3, -0.25) is 4.68 Å². The van der Waals surface area contributed by atoms with Gasteiger partial charge in [0, 0.05) is 17.6 Å². The Morgan fingerprint density at radius 2 is 2.24 bits per heavy atom. The van der Waals surface area contributed by atoms with Crippen LogP contribution in [0.4, 0.5) is 14.5 Å². The Bertz CT molecular complexity index is 458. The minimum Gasteiger partial charge on any atom is -0.378 e. The molecule has 3 nitrogen and oxygen atoms in total. The van der Waals surface area contributed by atoms with E-state index in [0.717, 1.165) is 21.9 Å². The lowest BCUT2D eigenvalue weighted by Gasteiger charge is -1.99. The van der Waals surface area contributed by atoms with Crippen molar-refractivity contribution < 1.29 is 8.78 Å². The number of halogens is 3. The lowest BCUT2D eigenvalue weighted by Crippen LogP contribution is -1.99. The summed E-state index contributed by atoms with van der Waals surface area (Å²) < 4.78 is 26.2. The van der Waals surface area contributed by atoms with Gasteiger partial charge < -0.3 is 5.32 Å². The van der Waals surface area contributed by atoms with Crippen molar-refractivity contribution in [1.29, 1.82) is 0 Å². The van der Waals surface area contributed by atoms with Crippen LogP contribution in [0, 0.1) is 5.13 Å². The number of anilines is 1. The van der Waals surface area contributed by atoms with Gasteiger partial charge in [0.05, 0.1) is 18.4 Å². The van der Waals surface area contributed by atoms with Crippen molar-refractivity contribution in [3.8, 4) is 0 Å². The maximum absolute atomic E-state index is 12.7. The molecule has 2 aromatic rings. The summed E-state index contributed by atoms with van der Waals surface area (Å²) in [5.74, 6) is 0. The highest BCUT2D eigenvalue weighted by molar-refractivity contribution is 7.10. The molecular weight excluding hydrogens is 268 g/mol. The van der Waals surface area contributed by atoms with Gasteiger partial charge in [-0.2, -0.15) is 9.49 Å². The second-order valence-electron chi connectivity index (χ2n) is 3.24. The van der Waals surface area contributed by atoms with Crippen molar-refractivity contribution in [2.24, 2.45) is 0 Å². The molecule has 0 radical (unpaired) electrons. The van der Waals surface area contributed by atoms with Gasteiger partial charge in [-0.1, -0.05) is 0 Å². The van der Waals surface area contributed by atoms with Crippen molar-refractivity contribution in [3.05, 3.63) is 34.5 Å². The van der Waals surface area contributed by atoms with E-state index in [4.69, 9.17) is 0 Å². The van der Waals surface area contributed by atoms with Crippen LogP contribution in [0.3, 0.4) is 0 Å². The standard InChI is InChI=1S/C10H11F2N3S.ClH/c11-3-4-15-7-8(5-14-15)13-6-9-1-2-10(12)16-9;/h1-2,5,7,13H,3-4,6H2;1H. The molecule has 0 fully saturated rings. The average molecular weight is 280 g/mol. The van der Waals surface area contributed by atoms with Crippen molar-refractivity contribution in [2.75, 3.05) is 12.0 Å². The zero-order valence-corrected chi connectivity index (χ0v) is 10.5. The molecule has 7 heteroatoms. The van der Waals surface area contributed by atoms with Gasteiger partial charge in [0.1, 0.15) is 6.67 Å². The maximum Gasteiger partial charge on any atom is 0.176 e. The van der Waals surface area contributed by atoms with E-state index in [1.807, 2.05) is 0 Å². The van der Waals surface area contributed by atoms with Crippen LogP contribution in [0.2, 0.25) is 0 Å². The lowest BCUT2D eigenvalue weighted by molar-refractivity contribution is 0.427. The molecule has 1 N–H and O–H groups in total. The highest BCUT2D eigenvalue weighted by Gasteiger charge is 2.01. The van der Waals surface area contributed by atoms with Crippen LogP contribution in [0.1, 0.15) is 4.88 Å². The number of alkyl halides is 1. The molecule has 2 aromatic heterocycles. The molecule has 2 rings (SSSR count). The number of hydrogen-bond donors (Lipinski definition) is 1. The first-order valence-corrected chi connectivity index (χ1v) is 5.66. The first-order valence-electron chi connectivity index (χ1n) is 4.84. The number of hydrogen-bond acceptors (Lipinski definition) is 3. The van der Waals surface area contributed by atoms with Gasteiger partial charge >= 0.3 is 0 Å². The number of nitrogens with one attached hydrogen (secondary N) is 1. The quantitative estimate of drug-likeness (QED) is 0.911. The minimum atomic E-state index is -0.433. The normalized spacial score (nSPS) is 10.0. The zero-order valence-electron chi connectivity index (χ0n) is 8.90. The van der Waals surface area contributed by atoms with Crippen molar-refractivity contribution in [2.45, 2.75) is 13.1 Å². The third-order valence-electron chi connectivity index (χ3n) is 2.04. The van der Waals surface area contributed by atoms with Crippen LogP contribution in [0.15, 0.2) is 24.5 Å². The molecule has 94 valence electrons. The van der Waals surface area contributed by atoms with Crippen LogP contribution in [0.5, 0.6) is 0 Å². The topological polar surface area (TPSA) is 29.9 Å². The highest BCUT2D eigenvalue weighted by atomic mass is 35.5. The molecule has 0 bridgehead atoms. The molecular formula is C10H12ClF2N3S. The summed E-state index contributed by atoms with van der Waals surface area (Å²) in [5.41, 5.74) is 0.808. The maximum atomic E-state index is 12.7. The third-order valence-corrected chi connectivity index (χ3v) is 2.92. The van der Waals surface area contributed by atoms with E-state index in [0.29, 0.717) is 6.54 Å². The molecule has 0 atom stereocenters. The van der Waals surface area contributed by atoms with Crippen molar-refractivity contribution in [3.63, 3.8) is 0 Å². The Labute approximate surface area is 108 Å². The fraction of sp³-hybridized carbons (Fsp3) is 0.300. The Morgan fingerprint density at radius 1 is 1.41 bits per heavy atom. The van der Waals surface area contributed by atoms with E-state index < -0.39 is 6.67 Å². The van der Waals surface area contributed by atoms with E-state index >= 15 is 0 Å². The summed E-state index contributed by atoms with van der Waals surface area (Å²) in [6.07, 6.45) is 3.35. The lowest BCUT2D eigenvalue weighted by atomic mass is 10.4. The summed E-state index contributed by atoms with van der Waals surface area (Å²) in [6.45, 7) is 0.377. The molecule has 0 aromatic carbocycles. The molecule has 0 aliphatic carbocycles. The van der Waals surface area contributed by atoms with Crippen LogP contribution in [0.25, 0.3) is 0 Å². The Hall–Kier alpha value is -1.14. The predicted molar refractivity (Wildman–Crippen MR) is 67.1 cm³/mol. The number of rotatable bonds is 5. The Kier molecular flexibility index (Phi) is 5.37. The average Bonchev–Trinajstić information content (AvgIpc) is 2.85. The molecule has 0 spiro atoms. The van der Waals surface area contributed by atoms with E-state index in [1.165, 1.54) is 10.7 Å². The van der Waals surface area contributed by atoms with Crippen LogP contribution >= 0.6 is 23.7 Å². The SMILES string of the molecule is Cl.FCCn1cc(NCc2ccc(F)s2)cn1. The largest absolute Gasteiger partial charge is 0.378 e. The molecule has 0 saturated heterocycles. The number of aryl methyl sites for hydroxylation is 1. The van der Waals surface area contributed by atoms with E-state index in [1.54, 1.807) is 18.5 Å². The molecule has 0 unspecified atom stereocenters. The fourth-order valence-electron chi connectivity index (χ4n) is 1.30. The number of nitrogens with zero attached hydrogens (tertiary/aromatic N) is 2. The first-order chi connectivity index (χ1) is 7.78. The van der Waals surface area contributed by atoms with Gasteiger partial charge in [0.25, 0.3) is 0 Å². The van der Waals surface area contributed by atoms with Crippen LogP contribution in [-0.2, 0) is 13.1 Å². The van der Waals surface area contributed by atoms with Crippen LogP contribution in [-0.4, -0.2) is 16.5 Å². The Morgan fingerprint density at radius 3 is 2.88 bits per heavy atom. The third kappa shape index (κ3) is 3.98. The Balaban J connectivity index is 0.00000144. The van der Waals surface area contributed by atoms with Gasteiger partial charge in [-0.15, -0.1) is 23.7 Å². The van der Waals surface area contributed by atoms with Crippen LogP contribution < -0.4 is 5.32 Å². The van der Waals surface area contributed by atoms with E-state index in [-0.39, 0.29) is 24.1 Å². The molecule has 0 saturated carbocycles. The highest BCUT2D eigenvalue weighted by Crippen LogP contribution is 2.16. The first kappa shape index (κ1) is 13.9. The monoisotopic (exact) mass is 279 g/mol. The number of thiophene rings is 1. The molecule has 0 aliphatic rings. The summed E-state index contributed by atoms with van der Waals surface area (Å²) in [6, 6.07) is 3.17. The van der Waals surface area contributed by atoms with Gasteiger partial charge in [-0.05, 0) is 12.1 Å². The predicted octanol–water partition coefficient (Wildman–Crippen LogP) is 3.09. The van der Waals surface area contributed by atoms with E-state index in [2.05, 4.69) is 10.4 Å². The van der Waals surface area contributed by atoms with Gasteiger partial charge in [0.15, 0.2) is 5.13 Å². The molecule has 17 heavy (non-hydrogen) atoms. The summed E-state index contributed by atoms with van der Waals surface area (Å²) in [4.78, 5) is 0.913. The summed E-state index contributed by atoms with van der Waals surface area (Å²) in [5, 5.41) is 6.87.